The molecule has 3 N–H and O–H groups in total. The molecule has 3 aromatic heterocycles. The first-order chi connectivity index (χ1) is 21.6. The second kappa shape index (κ2) is 13.3. The van der Waals surface area contributed by atoms with Gasteiger partial charge in [-0.3, -0.25) is 0 Å². The highest BCUT2D eigenvalue weighted by Gasteiger charge is 2.45. The van der Waals surface area contributed by atoms with E-state index in [1.165, 1.54) is 15.9 Å². The van der Waals surface area contributed by atoms with Crippen LogP contribution in [-0.2, 0) is 6.42 Å². The fourth-order valence-electron chi connectivity index (χ4n) is 5.77. The fraction of sp³-hybridized carbons (Fsp3) is 0.394. The summed E-state index contributed by atoms with van der Waals surface area (Å²) in [6.45, 7) is 4.64. The number of aryl methyl sites for hydroxylation is 1. The van der Waals surface area contributed by atoms with Crippen LogP contribution in [0.1, 0.15) is 80.3 Å². The van der Waals surface area contributed by atoms with E-state index in [9.17, 15) is 10.2 Å². The van der Waals surface area contributed by atoms with Crippen LogP contribution in [0.2, 0.25) is 0 Å². The van der Waals surface area contributed by atoms with E-state index >= 15 is 0 Å². The number of anilines is 1. The van der Waals surface area contributed by atoms with Crippen LogP contribution in [0.3, 0.4) is 0 Å². The molecule has 44 heavy (non-hydrogen) atoms. The summed E-state index contributed by atoms with van der Waals surface area (Å²) in [5, 5.41) is 38.3. The topological polar surface area (TPSA) is 140 Å². The van der Waals surface area contributed by atoms with Crippen molar-refractivity contribution in [3.8, 4) is 11.8 Å². The van der Waals surface area contributed by atoms with E-state index in [2.05, 4.69) is 63.8 Å². The number of imidazole rings is 1. The number of benzene rings is 2. The standard InChI is InChI=1S/C33H37N9O2/c1-3-5-6-13-18-28-36-32(34-20-24(22-14-9-7-10-15-22)23-16-11-8-12-17-23)29-33(37-28)41(21-35-29)25-19-26(31(44)30(25)43)42-39-27(4-2)38-40-42/h7-12,14-17,21,24-26,30-31,43-44H,3-6,19-20H2,1-2H3,(H,34,36,37)/t25-,26+,30+,31-/m1/s1. The molecule has 0 radical (unpaired) electrons. The Bertz CT molecular complexity index is 1700. The quantitative estimate of drug-likeness (QED) is 0.162. The van der Waals surface area contributed by atoms with Crippen molar-refractivity contribution in [3.05, 3.63) is 89.8 Å². The molecule has 11 nitrogen and oxygen atoms in total. The average Bonchev–Trinajstić information content (AvgIpc) is 3.78. The van der Waals surface area contributed by atoms with E-state index in [1.54, 1.807) is 6.33 Å². The molecule has 4 atom stereocenters. The smallest absolute Gasteiger partial charge is 0.208 e. The minimum atomic E-state index is -1.08. The molecule has 6 rings (SSSR count). The van der Waals surface area contributed by atoms with Gasteiger partial charge < -0.3 is 20.1 Å². The summed E-state index contributed by atoms with van der Waals surface area (Å²) in [6.07, 6.45) is 3.30. The second-order valence-corrected chi connectivity index (χ2v) is 11.1. The summed E-state index contributed by atoms with van der Waals surface area (Å²) >= 11 is 0. The lowest BCUT2D eigenvalue weighted by Crippen LogP contribution is -2.31. The summed E-state index contributed by atoms with van der Waals surface area (Å²) in [7, 11) is 0. The van der Waals surface area contributed by atoms with Crippen LogP contribution < -0.4 is 5.32 Å². The molecule has 0 unspecified atom stereocenters. The van der Waals surface area contributed by atoms with Crippen molar-refractivity contribution in [1.82, 2.24) is 39.7 Å². The first kappa shape index (κ1) is 29.4. The van der Waals surface area contributed by atoms with Crippen LogP contribution in [0.4, 0.5) is 5.82 Å². The van der Waals surface area contributed by atoms with Crippen molar-refractivity contribution in [2.24, 2.45) is 0 Å². The minimum Gasteiger partial charge on any atom is -0.388 e. The Labute approximate surface area is 256 Å². The summed E-state index contributed by atoms with van der Waals surface area (Å²) in [6, 6.07) is 19.7. The molecule has 2 aromatic carbocycles. The van der Waals surface area contributed by atoms with Gasteiger partial charge in [-0.25, -0.2) is 15.0 Å². The van der Waals surface area contributed by atoms with Gasteiger partial charge in [0.25, 0.3) is 0 Å². The highest BCUT2D eigenvalue weighted by atomic mass is 16.3. The number of aliphatic hydroxyl groups excluding tert-OH is 2. The molecule has 0 amide bonds. The van der Waals surface area contributed by atoms with E-state index in [0.717, 1.165) is 19.3 Å². The van der Waals surface area contributed by atoms with Crippen LogP contribution >= 0.6 is 0 Å². The maximum absolute atomic E-state index is 11.2. The van der Waals surface area contributed by atoms with Crippen LogP contribution in [-0.4, -0.2) is 68.7 Å². The van der Waals surface area contributed by atoms with Crippen LogP contribution in [0.15, 0.2) is 67.0 Å². The van der Waals surface area contributed by atoms with Crippen LogP contribution in [0.25, 0.3) is 11.2 Å². The molecule has 1 saturated carbocycles. The predicted octanol–water partition coefficient (Wildman–Crippen LogP) is 4.07. The number of aromatic nitrogens is 8. The number of fused-ring (bicyclic) bond motifs is 1. The van der Waals surface area contributed by atoms with Crippen molar-refractivity contribution in [2.75, 3.05) is 11.9 Å². The van der Waals surface area contributed by atoms with Gasteiger partial charge >= 0.3 is 0 Å². The van der Waals surface area contributed by atoms with E-state index < -0.39 is 24.3 Å². The lowest BCUT2D eigenvalue weighted by Gasteiger charge is -2.20. The molecule has 1 aliphatic carbocycles. The third-order valence-corrected chi connectivity index (χ3v) is 8.22. The lowest BCUT2D eigenvalue weighted by atomic mass is 9.91. The minimum absolute atomic E-state index is 0.0688. The normalized spacial score (nSPS) is 19.8. The maximum atomic E-state index is 11.2. The Morgan fingerprint density at radius 1 is 0.955 bits per heavy atom. The number of hydrogen-bond donors (Lipinski definition) is 3. The SMILES string of the molecule is CCCCC#Cc1nc(NCC(c2ccccc2)c2ccccc2)c2ncn([C@@H]3C[C@H](n4nnc(CC)n4)[C@@H](O)[C@H]3O)c2n1. The van der Waals surface area contributed by atoms with E-state index in [0.29, 0.717) is 48.0 Å². The number of rotatable bonds is 10. The van der Waals surface area contributed by atoms with Gasteiger partial charge in [0.1, 0.15) is 18.2 Å². The summed E-state index contributed by atoms with van der Waals surface area (Å²) in [5.41, 5.74) is 3.48. The Kier molecular flexibility index (Phi) is 8.91. The van der Waals surface area contributed by atoms with Gasteiger partial charge in [-0.1, -0.05) is 86.9 Å². The molecule has 5 aromatic rings. The van der Waals surface area contributed by atoms with Gasteiger partial charge in [0.2, 0.25) is 5.82 Å². The summed E-state index contributed by atoms with van der Waals surface area (Å²) in [5.74, 6) is 7.94. The molecule has 11 heteroatoms. The van der Waals surface area contributed by atoms with E-state index in [-0.39, 0.29) is 5.92 Å². The third-order valence-electron chi connectivity index (χ3n) is 8.22. The van der Waals surface area contributed by atoms with Gasteiger partial charge in [0, 0.05) is 25.3 Å². The van der Waals surface area contributed by atoms with Crippen molar-refractivity contribution in [2.45, 2.75) is 76.2 Å². The maximum Gasteiger partial charge on any atom is 0.208 e. The summed E-state index contributed by atoms with van der Waals surface area (Å²) < 4.78 is 1.82. The second-order valence-electron chi connectivity index (χ2n) is 11.1. The molecule has 0 aliphatic heterocycles. The van der Waals surface area contributed by atoms with Gasteiger partial charge in [0.15, 0.2) is 22.8 Å². The monoisotopic (exact) mass is 591 g/mol. The van der Waals surface area contributed by atoms with Gasteiger partial charge in [-0.05, 0) is 35.1 Å². The zero-order chi connectivity index (χ0) is 30.5. The Morgan fingerprint density at radius 3 is 2.32 bits per heavy atom. The molecule has 1 aliphatic rings. The number of aliphatic hydroxyl groups is 2. The van der Waals surface area contributed by atoms with Gasteiger partial charge in [-0.15, -0.1) is 10.2 Å². The largest absolute Gasteiger partial charge is 0.388 e. The average molecular weight is 592 g/mol. The Morgan fingerprint density at radius 2 is 1.66 bits per heavy atom. The zero-order valence-corrected chi connectivity index (χ0v) is 25.0. The molecular weight excluding hydrogens is 554 g/mol. The predicted molar refractivity (Wildman–Crippen MR) is 167 cm³/mol. The number of nitrogens with zero attached hydrogens (tertiary/aromatic N) is 8. The molecule has 1 fully saturated rings. The zero-order valence-electron chi connectivity index (χ0n) is 25.0. The van der Waals surface area contributed by atoms with E-state index in [4.69, 9.17) is 15.0 Å². The van der Waals surface area contributed by atoms with Crippen LogP contribution in [0.5, 0.6) is 0 Å². The van der Waals surface area contributed by atoms with Crippen molar-refractivity contribution in [3.63, 3.8) is 0 Å². The molecular formula is C33H37N9O2. The molecule has 226 valence electrons. The summed E-state index contributed by atoms with van der Waals surface area (Å²) in [4.78, 5) is 15.7. The third kappa shape index (κ3) is 6.04. The van der Waals surface area contributed by atoms with Crippen molar-refractivity contribution < 1.29 is 10.2 Å². The number of nitrogens with one attached hydrogen (secondary N) is 1. The number of unbranched alkanes of at least 4 members (excludes halogenated alkanes) is 2. The van der Waals surface area contributed by atoms with Crippen molar-refractivity contribution in [1.29, 1.82) is 0 Å². The Balaban J connectivity index is 1.35. The van der Waals surface area contributed by atoms with Gasteiger partial charge in [-0.2, -0.15) is 4.80 Å². The molecule has 0 spiro atoms. The highest BCUT2D eigenvalue weighted by Crippen LogP contribution is 2.39. The molecule has 0 saturated heterocycles. The lowest BCUT2D eigenvalue weighted by molar-refractivity contribution is 0.00473. The molecule has 3 heterocycles. The number of hydrogen-bond acceptors (Lipinski definition) is 9. The fourth-order valence-corrected chi connectivity index (χ4v) is 5.77. The highest BCUT2D eigenvalue weighted by molar-refractivity contribution is 5.83. The first-order valence-electron chi connectivity index (χ1n) is 15.3. The van der Waals surface area contributed by atoms with Crippen LogP contribution in [0, 0.1) is 11.8 Å². The Hall–Kier alpha value is -4.66. The molecule has 0 bridgehead atoms. The van der Waals surface area contributed by atoms with Crippen molar-refractivity contribution >= 4 is 17.0 Å². The van der Waals surface area contributed by atoms with E-state index in [1.807, 2.05) is 47.9 Å². The number of tetrazole rings is 1. The first-order valence-corrected chi connectivity index (χ1v) is 15.3. The van der Waals surface area contributed by atoms with Gasteiger partial charge in [0.05, 0.1) is 12.4 Å².